The van der Waals surface area contributed by atoms with Crippen LogP contribution in [0, 0.1) is 17.7 Å². The molecule has 1 aliphatic rings. The highest BCUT2D eigenvalue weighted by Crippen LogP contribution is 2.38. The zero-order valence-corrected chi connectivity index (χ0v) is 13.5. The predicted octanol–water partition coefficient (Wildman–Crippen LogP) is 4.35. The molecule has 0 radical (unpaired) electrons. The van der Waals surface area contributed by atoms with Crippen molar-refractivity contribution in [3.05, 3.63) is 29.6 Å². The Morgan fingerprint density at radius 2 is 2.05 bits per heavy atom. The second-order valence-corrected chi connectivity index (χ2v) is 6.60. The van der Waals surface area contributed by atoms with Crippen molar-refractivity contribution in [2.75, 3.05) is 20.2 Å². The van der Waals surface area contributed by atoms with Crippen LogP contribution in [0.2, 0.25) is 0 Å². The van der Waals surface area contributed by atoms with Crippen molar-refractivity contribution in [2.45, 2.75) is 45.4 Å². The highest BCUT2D eigenvalue weighted by atomic mass is 19.1. The molecule has 0 heterocycles. The SMILES string of the molecule is COc1ccc(C2CCCCC2CNCC(C)C)cc1F. The fraction of sp³-hybridized carbons (Fsp3) is 0.667. The van der Waals surface area contributed by atoms with E-state index in [1.54, 1.807) is 12.1 Å². The van der Waals surface area contributed by atoms with Crippen molar-refractivity contribution in [1.29, 1.82) is 0 Å². The fourth-order valence-corrected chi connectivity index (χ4v) is 3.36. The lowest BCUT2D eigenvalue weighted by Crippen LogP contribution is -2.31. The molecular weight excluding hydrogens is 265 g/mol. The van der Waals surface area contributed by atoms with Gasteiger partial charge in [-0.05, 0) is 61.4 Å². The van der Waals surface area contributed by atoms with E-state index in [9.17, 15) is 4.39 Å². The highest BCUT2D eigenvalue weighted by Gasteiger charge is 2.26. The minimum Gasteiger partial charge on any atom is -0.494 e. The summed E-state index contributed by atoms with van der Waals surface area (Å²) in [6, 6.07) is 5.47. The standard InChI is InChI=1S/C18H28FNO/c1-13(2)11-20-12-15-6-4-5-7-16(15)14-8-9-18(21-3)17(19)10-14/h8-10,13,15-16,20H,4-7,11-12H2,1-3H3. The van der Waals surface area contributed by atoms with E-state index < -0.39 is 0 Å². The zero-order valence-electron chi connectivity index (χ0n) is 13.5. The third-order valence-corrected chi connectivity index (χ3v) is 4.47. The number of nitrogens with one attached hydrogen (secondary N) is 1. The molecule has 1 aliphatic carbocycles. The van der Waals surface area contributed by atoms with Gasteiger partial charge < -0.3 is 10.1 Å². The van der Waals surface area contributed by atoms with Gasteiger partial charge in [0, 0.05) is 0 Å². The van der Waals surface area contributed by atoms with Gasteiger partial charge in [0.2, 0.25) is 0 Å². The Morgan fingerprint density at radius 1 is 1.29 bits per heavy atom. The lowest BCUT2D eigenvalue weighted by molar-refractivity contribution is 0.291. The number of ether oxygens (including phenoxy) is 1. The summed E-state index contributed by atoms with van der Waals surface area (Å²) in [5.41, 5.74) is 1.13. The lowest BCUT2D eigenvalue weighted by Gasteiger charge is -2.32. The number of halogens is 1. The quantitative estimate of drug-likeness (QED) is 0.841. The molecule has 2 unspecified atom stereocenters. The van der Waals surface area contributed by atoms with E-state index in [4.69, 9.17) is 4.74 Å². The molecular formula is C18H28FNO. The van der Waals surface area contributed by atoms with Gasteiger partial charge in [0.1, 0.15) is 0 Å². The Morgan fingerprint density at radius 3 is 2.71 bits per heavy atom. The monoisotopic (exact) mass is 293 g/mol. The first-order chi connectivity index (χ1) is 10.1. The summed E-state index contributed by atoms with van der Waals surface area (Å²) < 4.78 is 19.0. The van der Waals surface area contributed by atoms with Crippen LogP contribution in [0.25, 0.3) is 0 Å². The van der Waals surface area contributed by atoms with Crippen LogP contribution in [0.15, 0.2) is 18.2 Å². The molecule has 21 heavy (non-hydrogen) atoms. The molecule has 1 N–H and O–H groups in total. The van der Waals surface area contributed by atoms with E-state index in [-0.39, 0.29) is 5.82 Å². The first kappa shape index (κ1) is 16.3. The molecule has 0 bridgehead atoms. The third-order valence-electron chi connectivity index (χ3n) is 4.47. The number of methoxy groups -OCH3 is 1. The van der Waals surface area contributed by atoms with Crippen molar-refractivity contribution in [1.82, 2.24) is 5.32 Å². The molecule has 2 atom stereocenters. The number of benzene rings is 1. The van der Waals surface area contributed by atoms with Gasteiger partial charge in [0.25, 0.3) is 0 Å². The summed E-state index contributed by atoms with van der Waals surface area (Å²) in [5, 5.41) is 3.57. The van der Waals surface area contributed by atoms with Crippen molar-refractivity contribution < 1.29 is 9.13 Å². The maximum absolute atomic E-state index is 13.9. The van der Waals surface area contributed by atoms with Gasteiger partial charge in [-0.2, -0.15) is 0 Å². The summed E-state index contributed by atoms with van der Waals surface area (Å²) in [7, 11) is 1.51. The molecule has 2 rings (SSSR count). The van der Waals surface area contributed by atoms with Crippen molar-refractivity contribution in [2.24, 2.45) is 11.8 Å². The molecule has 118 valence electrons. The fourth-order valence-electron chi connectivity index (χ4n) is 3.36. The Labute approximate surface area is 128 Å². The molecule has 1 saturated carbocycles. The van der Waals surface area contributed by atoms with Crippen LogP contribution >= 0.6 is 0 Å². The lowest BCUT2D eigenvalue weighted by atomic mass is 9.75. The summed E-state index contributed by atoms with van der Waals surface area (Å²) in [5.74, 6) is 1.85. The average Bonchev–Trinajstić information content (AvgIpc) is 2.47. The summed E-state index contributed by atoms with van der Waals surface area (Å²) >= 11 is 0. The van der Waals surface area contributed by atoms with Gasteiger partial charge in [0.15, 0.2) is 11.6 Å². The molecule has 0 amide bonds. The highest BCUT2D eigenvalue weighted by molar-refractivity contribution is 5.31. The number of hydrogen-bond acceptors (Lipinski definition) is 2. The van der Waals surface area contributed by atoms with Crippen LogP contribution in [0.1, 0.15) is 51.0 Å². The number of hydrogen-bond donors (Lipinski definition) is 1. The first-order valence-electron chi connectivity index (χ1n) is 8.16. The molecule has 0 spiro atoms. The molecule has 0 aliphatic heterocycles. The third kappa shape index (κ3) is 4.44. The second-order valence-electron chi connectivity index (χ2n) is 6.60. The van der Waals surface area contributed by atoms with Gasteiger partial charge in [-0.3, -0.25) is 0 Å². The van der Waals surface area contributed by atoms with Crippen molar-refractivity contribution in [3.8, 4) is 5.75 Å². The summed E-state index contributed by atoms with van der Waals surface area (Å²) in [6.07, 6.45) is 4.95. The number of rotatable bonds is 6. The van der Waals surface area contributed by atoms with Gasteiger partial charge >= 0.3 is 0 Å². The van der Waals surface area contributed by atoms with Gasteiger partial charge in [0.05, 0.1) is 7.11 Å². The van der Waals surface area contributed by atoms with E-state index in [0.717, 1.165) is 18.7 Å². The Bertz CT molecular complexity index is 447. The van der Waals surface area contributed by atoms with E-state index in [1.165, 1.54) is 32.8 Å². The zero-order chi connectivity index (χ0) is 15.2. The molecule has 0 aromatic heterocycles. The van der Waals surface area contributed by atoms with E-state index >= 15 is 0 Å². The first-order valence-corrected chi connectivity index (χ1v) is 8.16. The summed E-state index contributed by atoms with van der Waals surface area (Å²) in [4.78, 5) is 0. The Balaban J connectivity index is 2.05. The van der Waals surface area contributed by atoms with E-state index in [1.807, 2.05) is 6.07 Å². The molecule has 1 fully saturated rings. The van der Waals surface area contributed by atoms with Crippen molar-refractivity contribution >= 4 is 0 Å². The van der Waals surface area contributed by atoms with Crippen LogP contribution in [0.3, 0.4) is 0 Å². The second kappa shape index (κ2) is 7.79. The van der Waals surface area contributed by atoms with E-state index in [0.29, 0.717) is 23.5 Å². The van der Waals surface area contributed by atoms with Crippen molar-refractivity contribution in [3.63, 3.8) is 0 Å². The van der Waals surface area contributed by atoms with Crippen LogP contribution < -0.4 is 10.1 Å². The van der Waals surface area contributed by atoms with Gasteiger partial charge in [-0.1, -0.05) is 32.8 Å². The predicted molar refractivity (Wildman–Crippen MR) is 85.4 cm³/mol. The smallest absolute Gasteiger partial charge is 0.165 e. The largest absolute Gasteiger partial charge is 0.494 e. The minimum absolute atomic E-state index is 0.241. The minimum atomic E-state index is -0.241. The Hall–Kier alpha value is -1.09. The van der Waals surface area contributed by atoms with E-state index in [2.05, 4.69) is 19.2 Å². The molecule has 2 nitrogen and oxygen atoms in total. The molecule has 1 aromatic rings. The maximum atomic E-state index is 13.9. The van der Waals surface area contributed by atoms with Crippen LogP contribution in [0.5, 0.6) is 5.75 Å². The Kier molecular flexibility index (Phi) is 6.04. The molecule has 1 aromatic carbocycles. The van der Waals surface area contributed by atoms with Gasteiger partial charge in [-0.25, -0.2) is 4.39 Å². The van der Waals surface area contributed by atoms with Crippen LogP contribution in [-0.4, -0.2) is 20.2 Å². The molecule has 0 saturated heterocycles. The normalized spacial score (nSPS) is 22.5. The molecule has 3 heteroatoms. The van der Waals surface area contributed by atoms with Gasteiger partial charge in [-0.15, -0.1) is 0 Å². The van der Waals surface area contributed by atoms with Crippen LogP contribution in [0.4, 0.5) is 4.39 Å². The topological polar surface area (TPSA) is 21.3 Å². The van der Waals surface area contributed by atoms with Crippen LogP contribution in [-0.2, 0) is 0 Å². The maximum Gasteiger partial charge on any atom is 0.165 e. The summed E-state index contributed by atoms with van der Waals surface area (Å²) in [6.45, 7) is 6.55. The average molecular weight is 293 g/mol.